The fraction of sp³-hybridized carbons (Fsp3) is 0.412. The van der Waals surface area contributed by atoms with E-state index in [2.05, 4.69) is 10.1 Å². The summed E-state index contributed by atoms with van der Waals surface area (Å²) in [5, 5.41) is 23.7. The van der Waals surface area contributed by atoms with E-state index in [1.165, 1.54) is 17.3 Å². The van der Waals surface area contributed by atoms with Crippen molar-refractivity contribution in [2.75, 3.05) is 6.61 Å². The average Bonchev–Trinajstić information content (AvgIpc) is 3.14. The smallest absolute Gasteiger partial charge is 0.314 e. The molecule has 1 heterocycles. The summed E-state index contributed by atoms with van der Waals surface area (Å²) in [4.78, 5) is 16.1. The number of hydrogen-bond donors (Lipinski definition) is 1. The largest absolute Gasteiger partial charge is 0.466 e. The standard InChI is InChI=1S/C17H20N4O4/c1-4-24-16(23)17(2,3)14(22)15(21-11-19-10-20-21)25-13-7-5-12(9-18)6-8-13/h5-8,10-11,14-15,22H,4H2,1-3H3/t14-,15-/m0/s1. The van der Waals surface area contributed by atoms with Gasteiger partial charge in [-0.2, -0.15) is 10.4 Å². The Morgan fingerprint density at radius 1 is 1.40 bits per heavy atom. The Balaban J connectivity index is 2.29. The molecule has 1 N–H and O–H groups in total. The van der Waals surface area contributed by atoms with E-state index >= 15 is 0 Å². The molecule has 2 rings (SSSR count). The SMILES string of the molecule is CCOC(=O)C(C)(C)[C@@H](O)[C@H](Oc1ccc(C#N)cc1)n1cncn1. The van der Waals surface area contributed by atoms with Crippen LogP contribution in [0.5, 0.6) is 5.75 Å². The predicted octanol–water partition coefficient (Wildman–Crippen LogP) is 1.68. The lowest BCUT2D eigenvalue weighted by molar-refractivity contribution is -0.168. The summed E-state index contributed by atoms with van der Waals surface area (Å²) in [6.45, 7) is 5.05. The number of aliphatic hydroxyl groups is 1. The minimum atomic E-state index is -1.26. The molecule has 0 bridgehead atoms. The number of esters is 1. The Labute approximate surface area is 145 Å². The molecule has 1 aromatic heterocycles. The summed E-state index contributed by atoms with van der Waals surface area (Å²) >= 11 is 0. The van der Waals surface area contributed by atoms with Gasteiger partial charge in [0.05, 0.1) is 23.7 Å². The number of rotatable bonds is 7. The molecule has 25 heavy (non-hydrogen) atoms. The topological polar surface area (TPSA) is 110 Å². The van der Waals surface area contributed by atoms with E-state index in [1.54, 1.807) is 45.0 Å². The summed E-state index contributed by atoms with van der Waals surface area (Å²) in [6.07, 6.45) is 0.427. The van der Waals surface area contributed by atoms with Crippen LogP contribution in [-0.2, 0) is 9.53 Å². The average molecular weight is 344 g/mol. The van der Waals surface area contributed by atoms with Gasteiger partial charge in [0.25, 0.3) is 0 Å². The summed E-state index contributed by atoms with van der Waals surface area (Å²) in [6, 6.07) is 8.41. The first-order valence-electron chi connectivity index (χ1n) is 7.76. The van der Waals surface area contributed by atoms with Gasteiger partial charge in [-0.1, -0.05) is 0 Å². The Morgan fingerprint density at radius 3 is 2.60 bits per heavy atom. The normalized spacial score (nSPS) is 13.6. The van der Waals surface area contributed by atoms with Gasteiger partial charge < -0.3 is 14.6 Å². The van der Waals surface area contributed by atoms with Crippen LogP contribution >= 0.6 is 0 Å². The lowest BCUT2D eigenvalue weighted by Crippen LogP contribution is -2.45. The molecular formula is C17H20N4O4. The Kier molecular flexibility index (Phi) is 5.72. The van der Waals surface area contributed by atoms with Crippen molar-refractivity contribution in [3.05, 3.63) is 42.5 Å². The zero-order valence-electron chi connectivity index (χ0n) is 14.3. The van der Waals surface area contributed by atoms with Crippen molar-refractivity contribution < 1.29 is 19.4 Å². The quantitative estimate of drug-likeness (QED) is 0.761. The molecule has 1 aromatic carbocycles. The van der Waals surface area contributed by atoms with Crippen molar-refractivity contribution in [2.45, 2.75) is 33.1 Å². The maximum atomic E-state index is 12.2. The van der Waals surface area contributed by atoms with Gasteiger partial charge in [0.1, 0.15) is 24.5 Å². The maximum Gasteiger partial charge on any atom is 0.314 e. The lowest BCUT2D eigenvalue weighted by Gasteiger charge is -2.33. The van der Waals surface area contributed by atoms with Gasteiger partial charge in [-0.25, -0.2) is 9.67 Å². The van der Waals surface area contributed by atoms with Crippen LogP contribution in [-0.4, -0.2) is 38.6 Å². The molecule has 0 spiro atoms. The highest BCUT2D eigenvalue weighted by Gasteiger charge is 2.44. The third-order valence-electron chi connectivity index (χ3n) is 3.75. The van der Waals surface area contributed by atoms with E-state index in [1.807, 2.05) is 6.07 Å². The zero-order chi connectivity index (χ0) is 18.4. The Morgan fingerprint density at radius 2 is 2.08 bits per heavy atom. The molecule has 0 aliphatic carbocycles. The minimum absolute atomic E-state index is 0.208. The van der Waals surface area contributed by atoms with E-state index in [0.29, 0.717) is 11.3 Å². The third kappa shape index (κ3) is 4.14. The van der Waals surface area contributed by atoms with Crippen LogP contribution in [0.1, 0.15) is 32.6 Å². The highest BCUT2D eigenvalue weighted by Crippen LogP contribution is 2.32. The van der Waals surface area contributed by atoms with Crippen molar-refractivity contribution >= 4 is 5.97 Å². The first-order valence-corrected chi connectivity index (χ1v) is 7.76. The molecule has 0 saturated heterocycles. The van der Waals surface area contributed by atoms with Crippen molar-refractivity contribution in [3.63, 3.8) is 0 Å². The minimum Gasteiger partial charge on any atom is -0.466 e. The van der Waals surface area contributed by atoms with Gasteiger partial charge in [0.2, 0.25) is 6.23 Å². The fourth-order valence-electron chi connectivity index (χ4n) is 2.15. The molecule has 2 aromatic rings. The van der Waals surface area contributed by atoms with Crippen LogP contribution in [0.4, 0.5) is 0 Å². The number of aliphatic hydroxyl groups excluding tert-OH is 1. The second-order valence-corrected chi connectivity index (χ2v) is 5.91. The van der Waals surface area contributed by atoms with Crippen molar-refractivity contribution in [1.29, 1.82) is 5.26 Å². The van der Waals surface area contributed by atoms with E-state index in [-0.39, 0.29) is 6.61 Å². The van der Waals surface area contributed by atoms with Crippen molar-refractivity contribution in [2.24, 2.45) is 5.41 Å². The van der Waals surface area contributed by atoms with E-state index in [9.17, 15) is 9.90 Å². The van der Waals surface area contributed by atoms with Gasteiger partial charge in [-0.3, -0.25) is 4.79 Å². The van der Waals surface area contributed by atoms with Crippen molar-refractivity contribution in [1.82, 2.24) is 14.8 Å². The van der Waals surface area contributed by atoms with E-state index in [4.69, 9.17) is 14.7 Å². The molecule has 0 fully saturated rings. The van der Waals surface area contributed by atoms with Crippen LogP contribution < -0.4 is 4.74 Å². The van der Waals surface area contributed by atoms with Gasteiger partial charge in [0.15, 0.2) is 0 Å². The van der Waals surface area contributed by atoms with Crippen molar-refractivity contribution in [3.8, 4) is 11.8 Å². The monoisotopic (exact) mass is 344 g/mol. The lowest BCUT2D eigenvalue weighted by atomic mass is 9.85. The number of nitrogens with zero attached hydrogens (tertiary/aromatic N) is 4. The maximum absolute atomic E-state index is 12.2. The zero-order valence-corrected chi connectivity index (χ0v) is 14.3. The molecule has 0 radical (unpaired) electrons. The summed E-state index contributed by atoms with van der Waals surface area (Å²) in [7, 11) is 0. The number of benzene rings is 1. The molecule has 8 heteroatoms. The van der Waals surface area contributed by atoms with Gasteiger partial charge in [-0.05, 0) is 45.0 Å². The van der Waals surface area contributed by atoms with E-state index in [0.717, 1.165) is 0 Å². The molecule has 8 nitrogen and oxygen atoms in total. The highest BCUT2D eigenvalue weighted by atomic mass is 16.5. The number of aromatic nitrogens is 3. The third-order valence-corrected chi connectivity index (χ3v) is 3.75. The number of carbonyl (C=O) groups is 1. The molecule has 0 unspecified atom stereocenters. The number of ether oxygens (including phenoxy) is 2. The first-order chi connectivity index (χ1) is 11.9. The van der Waals surface area contributed by atoms with Gasteiger partial charge in [0, 0.05) is 0 Å². The van der Waals surface area contributed by atoms with Crippen LogP contribution in [0, 0.1) is 16.7 Å². The molecule has 0 aliphatic heterocycles. The fourth-order valence-corrected chi connectivity index (χ4v) is 2.15. The first kappa shape index (κ1) is 18.4. The van der Waals surface area contributed by atoms with E-state index < -0.39 is 23.7 Å². The second-order valence-electron chi connectivity index (χ2n) is 5.91. The van der Waals surface area contributed by atoms with Crippen LogP contribution in [0.25, 0.3) is 0 Å². The number of hydrogen-bond acceptors (Lipinski definition) is 7. The summed E-state index contributed by atoms with van der Waals surface area (Å²) in [5.74, 6) is -0.130. The molecular weight excluding hydrogens is 324 g/mol. The van der Waals surface area contributed by atoms with Gasteiger partial charge >= 0.3 is 5.97 Å². The predicted molar refractivity (Wildman–Crippen MR) is 87.3 cm³/mol. The molecule has 2 atom stereocenters. The number of carbonyl (C=O) groups excluding carboxylic acids is 1. The Hall–Kier alpha value is -2.92. The molecule has 0 aliphatic rings. The summed E-state index contributed by atoms with van der Waals surface area (Å²) in [5.41, 5.74) is -0.753. The van der Waals surface area contributed by atoms with Crippen LogP contribution in [0.3, 0.4) is 0 Å². The molecule has 0 amide bonds. The van der Waals surface area contributed by atoms with Crippen LogP contribution in [0.2, 0.25) is 0 Å². The van der Waals surface area contributed by atoms with Gasteiger partial charge in [-0.15, -0.1) is 0 Å². The molecule has 132 valence electrons. The second kappa shape index (κ2) is 7.77. The Bertz CT molecular complexity index is 735. The molecule has 0 saturated carbocycles. The number of nitriles is 1. The van der Waals surface area contributed by atoms with Crippen LogP contribution in [0.15, 0.2) is 36.9 Å². The summed E-state index contributed by atoms with van der Waals surface area (Å²) < 4.78 is 12.2. The highest BCUT2D eigenvalue weighted by molar-refractivity contribution is 5.76.